The first-order valence-corrected chi connectivity index (χ1v) is 7.98. The minimum absolute atomic E-state index is 0.892. The summed E-state index contributed by atoms with van der Waals surface area (Å²) in [5, 5.41) is 9.76. The average Bonchev–Trinajstić information content (AvgIpc) is 3.01. The molecule has 114 valence electrons. The van der Waals surface area contributed by atoms with Crippen molar-refractivity contribution in [1.29, 1.82) is 5.26 Å². The van der Waals surface area contributed by atoms with Crippen LogP contribution in [0.1, 0.15) is 29.7 Å². The SMILES string of the molecule is N#CC=Cc1cccc2oc(CCCCc3ccccc3)cc12. The number of nitrogens with zero attached hydrogens (tertiary/aromatic N) is 1. The van der Waals surface area contributed by atoms with Gasteiger partial charge in [-0.3, -0.25) is 0 Å². The van der Waals surface area contributed by atoms with E-state index in [1.807, 2.05) is 30.3 Å². The predicted octanol–water partition coefficient (Wildman–Crippen LogP) is 5.53. The first-order chi connectivity index (χ1) is 11.4. The van der Waals surface area contributed by atoms with Crippen molar-refractivity contribution in [2.45, 2.75) is 25.7 Å². The van der Waals surface area contributed by atoms with Crippen LogP contribution in [-0.2, 0) is 12.8 Å². The second-order valence-corrected chi connectivity index (χ2v) is 5.63. The van der Waals surface area contributed by atoms with Crippen LogP contribution < -0.4 is 0 Å². The van der Waals surface area contributed by atoms with Gasteiger partial charge in [0.05, 0.1) is 6.07 Å². The zero-order chi connectivity index (χ0) is 15.9. The van der Waals surface area contributed by atoms with Crippen molar-refractivity contribution < 1.29 is 4.42 Å². The van der Waals surface area contributed by atoms with Crippen molar-refractivity contribution in [1.82, 2.24) is 0 Å². The summed E-state index contributed by atoms with van der Waals surface area (Å²) in [6.07, 6.45) is 7.65. The third kappa shape index (κ3) is 3.90. The summed E-state index contributed by atoms with van der Waals surface area (Å²) in [7, 11) is 0. The van der Waals surface area contributed by atoms with Crippen LogP contribution in [0.2, 0.25) is 0 Å². The largest absolute Gasteiger partial charge is 0.461 e. The van der Waals surface area contributed by atoms with Gasteiger partial charge in [0.15, 0.2) is 0 Å². The van der Waals surface area contributed by atoms with Crippen LogP contribution in [0.15, 0.2) is 65.1 Å². The van der Waals surface area contributed by atoms with Crippen molar-refractivity contribution in [3.05, 3.63) is 77.6 Å². The molecule has 2 heteroatoms. The summed E-state index contributed by atoms with van der Waals surface area (Å²) in [6.45, 7) is 0. The molecule has 23 heavy (non-hydrogen) atoms. The average molecular weight is 301 g/mol. The highest BCUT2D eigenvalue weighted by Crippen LogP contribution is 2.25. The molecular weight excluding hydrogens is 282 g/mol. The summed E-state index contributed by atoms with van der Waals surface area (Å²) < 4.78 is 5.92. The van der Waals surface area contributed by atoms with E-state index in [0.717, 1.165) is 48.0 Å². The van der Waals surface area contributed by atoms with E-state index in [-0.39, 0.29) is 0 Å². The molecule has 0 unspecified atom stereocenters. The minimum atomic E-state index is 0.892. The number of allylic oxidation sites excluding steroid dienone is 1. The van der Waals surface area contributed by atoms with Gasteiger partial charge in [-0.15, -0.1) is 0 Å². The number of furan rings is 1. The number of nitriles is 1. The van der Waals surface area contributed by atoms with Crippen LogP contribution in [-0.4, -0.2) is 0 Å². The van der Waals surface area contributed by atoms with E-state index in [2.05, 4.69) is 36.4 Å². The van der Waals surface area contributed by atoms with E-state index >= 15 is 0 Å². The highest BCUT2D eigenvalue weighted by Gasteiger charge is 2.06. The van der Waals surface area contributed by atoms with Crippen molar-refractivity contribution in [3.8, 4) is 6.07 Å². The first kappa shape index (κ1) is 15.1. The Morgan fingerprint density at radius 3 is 2.61 bits per heavy atom. The van der Waals surface area contributed by atoms with E-state index in [9.17, 15) is 0 Å². The molecule has 0 aliphatic rings. The molecule has 0 radical (unpaired) electrons. The summed E-state index contributed by atoms with van der Waals surface area (Å²) >= 11 is 0. The second kappa shape index (κ2) is 7.47. The summed E-state index contributed by atoms with van der Waals surface area (Å²) in [5.41, 5.74) is 3.31. The maximum Gasteiger partial charge on any atom is 0.134 e. The molecule has 3 aromatic rings. The molecule has 2 aromatic carbocycles. The zero-order valence-electron chi connectivity index (χ0n) is 13.0. The number of hydrogen-bond donors (Lipinski definition) is 0. The fraction of sp³-hybridized carbons (Fsp3) is 0.190. The van der Waals surface area contributed by atoms with Gasteiger partial charge in [0.1, 0.15) is 11.3 Å². The fourth-order valence-electron chi connectivity index (χ4n) is 2.80. The molecule has 0 saturated heterocycles. The zero-order valence-corrected chi connectivity index (χ0v) is 13.0. The van der Waals surface area contributed by atoms with Gasteiger partial charge >= 0.3 is 0 Å². The van der Waals surface area contributed by atoms with E-state index < -0.39 is 0 Å². The van der Waals surface area contributed by atoms with E-state index in [4.69, 9.17) is 9.68 Å². The molecule has 0 aliphatic heterocycles. The fourth-order valence-corrected chi connectivity index (χ4v) is 2.80. The Balaban J connectivity index is 1.62. The Hall–Kier alpha value is -2.79. The smallest absolute Gasteiger partial charge is 0.134 e. The van der Waals surface area contributed by atoms with Crippen molar-refractivity contribution >= 4 is 17.0 Å². The Kier molecular flexibility index (Phi) is 4.91. The Labute approximate surface area is 136 Å². The molecule has 0 atom stereocenters. The highest BCUT2D eigenvalue weighted by molar-refractivity contribution is 5.87. The van der Waals surface area contributed by atoms with Gasteiger partial charge in [-0.05, 0) is 48.6 Å². The third-order valence-electron chi connectivity index (χ3n) is 3.97. The van der Waals surface area contributed by atoms with Gasteiger partial charge < -0.3 is 4.42 Å². The molecule has 0 spiro atoms. The molecule has 3 rings (SSSR count). The van der Waals surface area contributed by atoms with Crippen LogP contribution in [0, 0.1) is 11.3 Å². The summed E-state index contributed by atoms with van der Waals surface area (Å²) in [4.78, 5) is 0. The number of unbranched alkanes of at least 4 members (excludes halogenated alkanes) is 1. The van der Waals surface area contributed by atoms with Crippen LogP contribution >= 0.6 is 0 Å². The summed E-state index contributed by atoms with van der Waals surface area (Å²) in [6, 6.07) is 20.7. The maximum atomic E-state index is 8.68. The number of rotatable bonds is 6. The number of benzene rings is 2. The lowest BCUT2D eigenvalue weighted by Crippen LogP contribution is -1.87. The van der Waals surface area contributed by atoms with Gasteiger partial charge in [0.25, 0.3) is 0 Å². The molecule has 0 amide bonds. The first-order valence-electron chi connectivity index (χ1n) is 7.98. The number of hydrogen-bond acceptors (Lipinski definition) is 2. The second-order valence-electron chi connectivity index (χ2n) is 5.63. The lowest BCUT2D eigenvalue weighted by molar-refractivity contribution is 0.532. The molecule has 1 aromatic heterocycles. The molecular formula is C21H19NO. The van der Waals surface area contributed by atoms with Crippen molar-refractivity contribution in [2.75, 3.05) is 0 Å². The Bertz CT molecular complexity index is 837. The quantitative estimate of drug-likeness (QED) is 0.443. The standard InChI is InChI=1S/C21H19NO/c22-15-7-12-18-11-6-14-21-20(18)16-19(23-21)13-5-4-10-17-8-2-1-3-9-17/h1-3,6-9,11-12,14,16H,4-5,10,13H2. The van der Waals surface area contributed by atoms with Gasteiger partial charge in [-0.1, -0.05) is 42.5 Å². The lowest BCUT2D eigenvalue weighted by Gasteiger charge is -2.00. The molecule has 0 bridgehead atoms. The maximum absolute atomic E-state index is 8.68. The highest BCUT2D eigenvalue weighted by atomic mass is 16.3. The number of aryl methyl sites for hydroxylation is 2. The van der Waals surface area contributed by atoms with E-state index in [1.54, 1.807) is 0 Å². The Morgan fingerprint density at radius 1 is 0.957 bits per heavy atom. The molecule has 0 N–H and O–H groups in total. The van der Waals surface area contributed by atoms with Gasteiger partial charge in [-0.25, -0.2) is 0 Å². The monoisotopic (exact) mass is 301 g/mol. The minimum Gasteiger partial charge on any atom is -0.461 e. The van der Waals surface area contributed by atoms with Gasteiger partial charge in [-0.2, -0.15) is 5.26 Å². The Morgan fingerprint density at radius 2 is 1.78 bits per heavy atom. The topological polar surface area (TPSA) is 36.9 Å². The van der Waals surface area contributed by atoms with Crippen LogP contribution in [0.5, 0.6) is 0 Å². The predicted molar refractivity (Wildman–Crippen MR) is 93.9 cm³/mol. The van der Waals surface area contributed by atoms with Crippen LogP contribution in [0.25, 0.3) is 17.0 Å². The van der Waals surface area contributed by atoms with Crippen LogP contribution in [0.4, 0.5) is 0 Å². The molecule has 0 saturated carbocycles. The van der Waals surface area contributed by atoms with E-state index in [1.165, 1.54) is 11.6 Å². The van der Waals surface area contributed by atoms with E-state index in [0.29, 0.717) is 0 Å². The molecule has 0 aliphatic carbocycles. The molecule has 0 fully saturated rings. The lowest BCUT2D eigenvalue weighted by atomic mass is 10.1. The third-order valence-corrected chi connectivity index (χ3v) is 3.97. The normalized spacial score (nSPS) is 11.1. The van der Waals surface area contributed by atoms with Gasteiger partial charge in [0, 0.05) is 17.9 Å². The van der Waals surface area contributed by atoms with Crippen molar-refractivity contribution in [2.24, 2.45) is 0 Å². The van der Waals surface area contributed by atoms with Crippen molar-refractivity contribution in [3.63, 3.8) is 0 Å². The molecule has 2 nitrogen and oxygen atoms in total. The van der Waals surface area contributed by atoms with Crippen LogP contribution in [0.3, 0.4) is 0 Å². The molecule has 1 heterocycles. The van der Waals surface area contributed by atoms with Gasteiger partial charge in [0.2, 0.25) is 0 Å². The number of fused-ring (bicyclic) bond motifs is 1. The summed E-state index contributed by atoms with van der Waals surface area (Å²) in [5.74, 6) is 1.02.